The third kappa shape index (κ3) is 2.02. The Balaban J connectivity index is 2.03. The number of rotatable bonds is 2. The van der Waals surface area contributed by atoms with E-state index in [-0.39, 0.29) is 5.69 Å². The highest BCUT2D eigenvalue weighted by Crippen LogP contribution is 2.20. The Hall–Kier alpha value is -3.14. The number of imidazole rings is 1. The lowest BCUT2D eigenvalue weighted by molar-refractivity contribution is 1.04. The maximum Gasteiger partial charge on any atom is 0.323 e. The van der Waals surface area contributed by atoms with Gasteiger partial charge < -0.3 is 9.97 Å². The van der Waals surface area contributed by atoms with Crippen molar-refractivity contribution < 1.29 is 0 Å². The van der Waals surface area contributed by atoms with Crippen molar-refractivity contribution in [1.82, 2.24) is 20.2 Å². The number of hydrogen-bond acceptors (Lipinski definition) is 5. The first kappa shape index (κ1) is 11.0. The molecule has 0 bridgehead atoms. The minimum atomic E-state index is -0.244. The van der Waals surface area contributed by atoms with Crippen LogP contribution in [0.3, 0.4) is 0 Å². The second kappa shape index (κ2) is 4.27. The first-order valence-electron chi connectivity index (χ1n) is 5.47. The third-order valence-electron chi connectivity index (χ3n) is 2.66. The lowest BCUT2D eigenvalue weighted by atomic mass is 10.1. The van der Waals surface area contributed by atoms with E-state index in [4.69, 9.17) is 5.26 Å². The highest BCUT2D eigenvalue weighted by atomic mass is 16.1. The first-order chi connectivity index (χ1) is 9.26. The van der Waals surface area contributed by atoms with Crippen LogP contribution in [0.25, 0.3) is 22.3 Å². The third-order valence-corrected chi connectivity index (χ3v) is 2.66. The van der Waals surface area contributed by atoms with Crippen molar-refractivity contribution in [2.75, 3.05) is 5.32 Å². The lowest BCUT2D eigenvalue weighted by Gasteiger charge is -2.01. The summed E-state index contributed by atoms with van der Waals surface area (Å²) in [5.41, 5.74) is 2.70. The zero-order valence-electron chi connectivity index (χ0n) is 9.64. The summed E-state index contributed by atoms with van der Waals surface area (Å²) in [6, 6.07) is 8.86. The van der Waals surface area contributed by atoms with Crippen molar-refractivity contribution in [2.24, 2.45) is 0 Å². The average molecular weight is 252 g/mol. The Kier molecular flexibility index (Phi) is 2.47. The Morgan fingerprint density at radius 2 is 1.95 bits per heavy atom. The standard InChI is InChI=1S/C12H8N6O/c13-6-14-11-4-3-8(17-18-11)7-1-2-9-10(5-7)16-12(19)15-9/h1-5H,(H,14,18)(H2,15,16,19). The molecular formula is C12H8N6O. The van der Waals surface area contributed by atoms with Gasteiger partial charge in [-0.15, -0.1) is 10.2 Å². The van der Waals surface area contributed by atoms with E-state index in [0.717, 1.165) is 11.1 Å². The van der Waals surface area contributed by atoms with Gasteiger partial charge in [-0.3, -0.25) is 5.32 Å². The topological polar surface area (TPSA) is 110 Å². The molecule has 7 heteroatoms. The van der Waals surface area contributed by atoms with Crippen LogP contribution in [0.4, 0.5) is 5.82 Å². The second-order valence-corrected chi connectivity index (χ2v) is 3.88. The molecule has 3 aromatic rings. The summed E-state index contributed by atoms with van der Waals surface area (Å²) in [5.74, 6) is 0.391. The van der Waals surface area contributed by atoms with Crippen molar-refractivity contribution in [2.45, 2.75) is 0 Å². The Morgan fingerprint density at radius 3 is 2.68 bits per heavy atom. The molecule has 0 saturated carbocycles. The van der Waals surface area contributed by atoms with Crippen molar-refractivity contribution in [3.05, 3.63) is 40.8 Å². The van der Waals surface area contributed by atoms with Crippen LogP contribution in [-0.2, 0) is 0 Å². The number of anilines is 1. The van der Waals surface area contributed by atoms with Crippen LogP contribution < -0.4 is 11.0 Å². The van der Waals surface area contributed by atoms with Gasteiger partial charge in [-0.25, -0.2) is 4.79 Å². The Bertz CT molecular complexity index is 824. The molecule has 19 heavy (non-hydrogen) atoms. The van der Waals surface area contributed by atoms with Gasteiger partial charge in [-0.2, -0.15) is 5.26 Å². The predicted octanol–water partition coefficient (Wildman–Crippen LogP) is 1.21. The molecule has 2 heterocycles. The van der Waals surface area contributed by atoms with Gasteiger partial charge in [-0.1, -0.05) is 6.07 Å². The number of aromatic amines is 2. The average Bonchev–Trinajstić information content (AvgIpc) is 2.79. The largest absolute Gasteiger partial charge is 0.323 e. The molecular weight excluding hydrogens is 244 g/mol. The molecule has 3 N–H and O–H groups in total. The van der Waals surface area contributed by atoms with Gasteiger partial charge in [-0.05, 0) is 24.3 Å². The van der Waals surface area contributed by atoms with Gasteiger partial charge in [0.25, 0.3) is 0 Å². The van der Waals surface area contributed by atoms with Gasteiger partial charge in [0, 0.05) is 5.56 Å². The molecule has 2 aromatic heterocycles. The highest BCUT2D eigenvalue weighted by molar-refractivity contribution is 5.80. The summed E-state index contributed by atoms with van der Waals surface area (Å²) >= 11 is 0. The van der Waals surface area contributed by atoms with Crippen LogP contribution in [-0.4, -0.2) is 20.2 Å². The van der Waals surface area contributed by atoms with Crippen LogP contribution in [0, 0.1) is 11.5 Å². The molecule has 0 amide bonds. The Morgan fingerprint density at radius 1 is 1.11 bits per heavy atom. The lowest BCUT2D eigenvalue weighted by Crippen LogP contribution is -1.99. The molecule has 3 rings (SSSR count). The summed E-state index contributed by atoms with van der Waals surface area (Å²) in [5, 5.41) is 18.7. The molecule has 0 atom stereocenters. The SMILES string of the molecule is N#CNc1ccc(-c2ccc3[nH]c(=O)[nH]c3c2)nn1. The molecule has 0 aliphatic carbocycles. The number of aromatic nitrogens is 4. The number of benzene rings is 1. The monoisotopic (exact) mass is 252 g/mol. The normalized spacial score (nSPS) is 10.3. The van der Waals surface area contributed by atoms with Crippen LogP contribution >= 0.6 is 0 Å². The molecule has 0 aliphatic heterocycles. The van der Waals surface area contributed by atoms with Gasteiger partial charge in [0.05, 0.1) is 16.7 Å². The summed E-state index contributed by atoms with van der Waals surface area (Å²) in [6.07, 6.45) is 1.77. The van der Waals surface area contributed by atoms with Gasteiger partial charge >= 0.3 is 5.69 Å². The van der Waals surface area contributed by atoms with Crippen LogP contribution in [0.5, 0.6) is 0 Å². The summed E-state index contributed by atoms with van der Waals surface area (Å²) in [4.78, 5) is 16.5. The van der Waals surface area contributed by atoms with Crippen LogP contribution in [0.15, 0.2) is 35.1 Å². The van der Waals surface area contributed by atoms with Crippen molar-refractivity contribution in [3.63, 3.8) is 0 Å². The summed E-state index contributed by atoms with van der Waals surface area (Å²) < 4.78 is 0. The second-order valence-electron chi connectivity index (χ2n) is 3.88. The molecule has 0 spiro atoms. The van der Waals surface area contributed by atoms with Gasteiger partial charge in [0.15, 0.2) is 12.0 Å². The number of hydrogen-bond donors (Lipinski definition) is 3. The van der Waals surface area contributed by atoms with Gasteiger partial charge in [0.1, 0.15) is 0 Å². The Labute approximate surface area is 106 Å². The van der Waals surface area contributed by atoms with E-state index >= 15 is 0 Å². The maximum atomic E-state index is 11.2. The molecule has 0 aliphatic rings. The minimum absolute atomic E-state index is 0.244. The fourth-order valence-electron chi connectivity index (χ4n) is 1.80. The summed E-state index contributed by atoms with van der Waals surface area (Å²) in [7, 11) is 0. The summed E-state index contributed by atoms with van der Waals surface area (Å²) in [6.45, 7) is 0. The fourth-order valence-corrected chi connectivity index (χ4v) is 1.80. The van der Waals surface area contributed by atoms with E-state index < -0.39 is 0 Å². The van der Waals surface area contributed by atoms with Crippen molar-refractivity contribution >= 4 is 16.9 Å². The van der Waals surface area contributed by atoms with Crippen molar-refractivity contribution in [3.8, 4) is 17.5 Å². The van der Waals surface area contributed by atoms with E-state index in [9.17, 15) is 4.79 Å². The zero-order chi connectivity index (χ0) is 13.2. The first-order valence-corrected chi connectivity index (χ1v) is 5.47. The quantitative estimate of drug-likeness (QED) is 0.469. The molecule has 92 valence electrons. The molecule has 0 fully saturated rings. The van der Waals surface area contributed by atoms with Crippen LogP contribution in [0.2, 0.25) is 0 Å². The van der Waals surface area contributed by atoms with E-state index in [1.807, 2.05) is 12.1 Å². The van der Waals surface area contributed by atoms with E-state index in [1.54, 1.807) is 24.4 Å². The molecule has 0 radical (unpaired) electrons. The minimum Gasteiger partial charge on any atom is -0.306 e. The molecule has 0 unspecified atom stereocenters. The predicted molar refractivity (Wildman–Crippen MR) is 69.2 cm³/mol. The number of nitrogens with zero attached hydrogens (tertiary/aromatic N) is 3. The number of fused-ring (bicyclic) bond motifs is 1. The maximum absolute atomic E-state index is 11.2. The highest BCUT2D eigenvalue weighted by Gasteiger charge is 2.04. The van der Waals surface area contributed by atoms with Crippen molar-refractivity contribution in [1.29, 1.82) is 5.26 Å². The van der Waals surface area contributed by atoms with E-state index in [2.05, 4.69) is 25.5 Å². The van der Waals surface area contributed by atoms with E-state index in [0.29, 0.717) is 17.0 Å². The number of H-pyrrole nitrogens is 2. The molecule has 1 aromatic carbocycles. The number of nitriles is 1. The zero-order valence-corrected chi connectivity index (χ0v) is 9.64. The smallest absolute Gasteiger partial charge is 0.306 e. The van der Waals surface area contributed by atoms with E-state index in [1.165, 1.54) is 0 Å². The molecule has 0 saturated heterocycles. The fraction of sp³-hybridized carbons (Fsp3) is 0. The van der Waals surface area contributed by atoms with Crippen LogP contribution in [0.1, 0.15) is 0 Å². The number of nitrogens with one attached hydrogen (secondary N) is 3. The van der Waals surface area contributed by atoms with Gasteiger partial charge in [0.2, 0.25) is 0 Å². The molecule has 7 nitrogen and oxygen atoms in total.